The van der Waals surface area contributed by atoms with E-state index in [-0.39, 0.29) is 29.2 Å². The molecule has 5 atom stereocenters. The fourth-order valence-electron chi connectivity index (χ4n) is 2.30. The van der Waals surface area contributed by atoms with Gasteiger partial charge in [0.15, 0.2) is 0 Å². The van der Waals surface area contributed by atoms with Crippen molar-refractivity contribution in [3.05, 3.63) is 35.9 Å². The van der Waals surface area contributed by atoms with E-state index >= 15 is 0 Å². The van der Waals surface area contributed by atoms with Crippen LogP contribution in [0.1, 0.15) is 6.92 Å². The Morgan fingerprint density at radius 3 is 2.37 bits per heavy atom. The van der Waals surface area contributed by atoms with Gasteiger partial charge in [-0.25, -0.2) is 4.79 Å². The van der Waals surface area contributed by atoms with Gasteiger partial charge in [0.05, 0.1) is 6.61 Å². The number of carbonyl (C=O) groups is 1. The Labute approximate surface area is 155 Å². The predicted octanol–water partition coefficient (Wildman–Crippen LogP) is -1.76. The van der Waals surface area contributed by atoms with Crippen molar-refractivity contribution in [1.82, 2.24) is 0 Å². The van der Waals surface area contributed by atoms with Gasteiger partial charge in [-0.15, -0.1) is 0 Å². The number of benzene rings is 1. The van der Waals surface area contributed by atoms with Crippen LogP contribution in [0.15, 0.2) is 35.9 Å². The van der Waals surface area contributed by atoms with Crippen molar-refractivity contribution in [2.45, 2.75) is 37.6 Å². The third kappa shape index (κ3) is 5.89. The van der Waals surface area contributed by atoms with Crippen LogP contribution >= 0.6 is 0 Å². The van der Waals surface area contributed by atoms with Gasteiger partial charge >= 0.3 is 5.97 Å². The normalized spacial score (nSPS) is 28.2. The molecule has 0 aromatic heterocycles. The molecule has 0 aliphatic carbocycles. The Balaban J connectivity index is 0.00000364. The minimum absolute atomic E-state index is 0. The zero-order valence-corrected chi connectivity index (χ0v) is 14.6. The number of hydrogen-bond donors (Lipinski definition) is 5. The van der Waals surface area contributed by atoms with Gasteiger partial charge in [0, 0.05) is 5.57 Å². The molecule has 1 heterocycles. The summed E-state index contributed by atoms with van der Waals surface area (Å²) in [5.41, 5.74) is 0.176. The number of ether oxygens (including phenoxy) is 3. The molecule has 0 radical (unpaired) electrons. The number of carbonyl (C=O) groups excluding carboxylic acids is 1. The van der Waals surface area contributed by atoms with E-state index in [0.29, 0.717) is 0 Å². The lowest BCUT2D eigenvalue weighted by atomic mass is 9.99. The first-order valence-electron chi connectivity index (χ1n) is 7.93. The van der Waals surface area contributed by atoms with Gasteiger partial charge < -0.3 is 45.2 Å². The maximum absolute atomic E-state index is 11.7. The lowest BCUT2D eigenvalue weighted by molar-refractivity contribution is -0.278. The molecule has 1 aliphatic rings. The largest absolute Gasteiger partial charge is 0.508 e. The Morgan fingerprint density at radius 1 is 1.15 bits per heavy atom. The zero-order valence-electron chi connectivity index (χ0n) is 14.6. The summed E-state index contributed by atoms with van der Waals surface area (Å²) < 4.78 is 15.8. The lowest BCUT2D eigenvalue weighted by Crippen LogP contribution is -2.60. The van der Waals surface area contributed by atoms with Crippen LogP contribution in [0.5, 0.6) is 11.5 Å². The van der Waals surface area contributed by atoms with Gasteiger partial charge in [-0.3, -0.25) is 0 Å². The molecule has 0 unspecified atom stereocenters. The molecule has 7 N–H and O–H groups in total. The van der Waals surface area contributed by atoms with Crippen LogP contribution < -0.4 is 4.74 Å². The highest BCUT2D eigenvalue weighted by atomic mass is 16.7. The molecule has 152 valence electrons. The zero-order chi connectivity index (χ0) is 19.3. The molecular formula is C17H24O10. The molecule has 27 heavy (non-hydrogen) atoms. The molecule has 1 aromatic carbocycles. The Bertz CT molecular complexity index is 629. The molecular weight excluding hydrogens is 364 g/mol. The molecule has 0 amide bonds. The van der Waals surface area contributed by atoms with E-state index in [9.17, 15) is 25.2 Å². The third-order valence-corrected chi connectivity index (χ3v) is 3.86. The van der Waals surface area contributed by atoms with Crippen LogP contribution in [-0.2, 0) is 14.3 Å². The standard InChI is InChI=1S/C17H22O9.H2O/c1-9(6-7-18)16(23)24-8-12-13(20)14(21)15(22)17(26-12)25-11-4-2-10(19)3-5-11;/h2-6,12-15,17-22H,7-8H2,1H3;1H2/b9-6+;/t12-,13-,14+,15-,17-;/m1./s1. The second kappa shape index (κ2) is 10.2. The summed E-state index contributed by atoms with van der Waals surface area (Å²) in [6.45, 7) is 0.735. The molecule has 1 aliphatic heterocycles. The van der Waals surface area contributed by atoms with Gasteiger partial charge in [0.1, 0.15) is 42.5 Å². The van der Waals surface area contributed by atoms with Gasteiger partial charge in [-0.1, -0.05) is 0 Å². The monoisotopic (exact) mass is 388 g/mol. The number of aromatic hydroxyl groups is 1. The van der Waals surface area contributed by atoms with Crippen LogP contribution in [0.2, 0.25) is 0 Å². The van der Waals surface area contributed by atoms with Crippen molar-refractivity contribution < 1.29 is 50.0 Å². The minimum atomic E-state index is -1.58. The van der Waals surface area contributed by atoms with Gasteiger partial charge in [0.25, 0.3) is 0 Å². The summed E-state index contributed by atoms with van der Waals surface area (Å²) in [6, 6.07) is 5.60. The van der Waals surface area contributed by atoms with E-state index in [1.54, 1.807) is 0 Å². The highest BCUT2D eigenvalue weighted by Crippen LogP contribution is 2.25. The van der Waals surface area contributed by atoms with Crippen LogP contribution in [0.4, 0.5) is 0 Å². The lowest BCUT2D eigenvalue weighted by Gasteiger charge is -2.39. The maximum atomic E-state index is 11.7. The van der Waals surface area contributed by atoms with Crippen LogP contribution in [-0.4, -0.2) is 80.9 Å². The highest BCUT2D eigenvalue weighted by Gasteiger charge is 2.45. The Morgan fingerprint density at radius 2 is 1.78 bits per heavy atom. The molecule has 0 saturated carbocycles. The van der Waals surface area contributed by atoms with Gasteiger partial charge in [0.2, 0.25) is 6.29 Å². The summed E-state index contributed by atoms with van der Waals surface area (Å²) in [7, 11) is 0. The van der Waals surface area contributed by atoms with Crippen LogP contribution in [0, 0.1) is 0 Å². The number of phenols is 1. The second-order valence-electron chi connectivity index (χ2n) is 5.79. The van der Waals surface area contributed by atoms with E-state index < -0.39 is 43.3 Å². The van der Waals surface area contributed by atoms with Crippen molar-refractivity contribution in [2.24, 2.45) is 0 Å². The number of aliphatic hydroxyl groups is 4. The minimum Gasteiger partial charge on any atom is -0.508 e. The molecule has 0 spiro atoms. The van der Waals surface area contributed by atoms with Crippen molar-refractivity contribution >= 4 is 5.97 Å². The number of phenolic OH excluding ortho intramolecular Hbond substituents is 1. The number of hydrogen-bond acceptors (Lipinski definition) is 9. The molecule has 2 rings (SSSR count). The van der Waals surface area contributed by atoms with Gasteiger partial charge in [-0.05, 0) is 37.3 Å². The number of rotatable bonds is 6. The van der Waals surface area contributed by atoms with E-state index in [2.05, 4.69) is 0 Å². The van der Waals surface area contributed by atoms with Crippen molar-refractivity contribution in [3.63, 3.8) is 0 Å². The molecule has 1 aromatic rings. The quantitative estimate of drug-likeness (QED) is 0.279. The molecule has 1 fully saturated rings. The van der Waals surface area contributed by atoms with E-state index in [4.69, 9.17) is 19.3 Å². The van der Waals surface area contributed by atoms with E-state index in [0.717, 1.165) is 0 Å². The summed E-state index contributed by atoms with van der Waals surface area (Å²) >= 11 is 0. The predicted molar refractivity (Wildman–Crippen MR) is 90.8 cm³/mol. The summed E-state index contributed by atoms with van der Waals surface area (Å²) in [6.07, 6.45) is -5.82. The molecule has 10 nitrogen and oxygen atoms in total. The second-order valence-corrected chi connectivity index (χ2v) is 5.79. The van der Waals surface area contributed by atoms with Crippen LogP contribution in [0.25, 0.3) is 0 Å². The number of esters is 1. The topological polar surface area (TPSA) is 177 Å². The average Bonchev–Trinajstić information content (AvgIpc) is 2.62. The van der Waals surface area contributed by atoms with Crippen molar-refractivity contribution in [2.75, 3.05) is 13.2 Å². The fraction of sp³-hybridized carbons (Fsp3) is 0.471. The first-order valence-corrected chi connectivity index (χ1v) is 7.93. The first kappa shape index (κ1) is 22.8. The maximum Gasteiger partial charge on any atom is 0.333 e. The fourth-order valence-corrected chi connectivity index (χ4v) is 2.30. The van der Waals surface area contributed by atoms with Crippen LogP contribution in [0.3, 0.4) is 0 Å². The smallest absolute Gasteiger partial charge is 0.333 e. The van der Waals surface area contributed by atoms with E-state index in [1.165, 1.54) is 37.3 Å². The molecule has 10 heteroatoms. The molecule has 0 bridgehead atoms. The highest BCUT2D eigenvalue weighted by molar-refractivity contribution is 5.87. The summed E-state index contributed by atoms with van der Waals surface area (Å²) in [4.78, 5) is 11.7. The average molecular weight is 388 g/mol. The SMILES string of the molecule is C/C(=C\CO)C(=O)OC[C@H]1O[C@@H](Oc2ccc(O)cc2)[C@H](O)[C@@H](O)[C@@H]1O.O. The first-order chi connectivity index (χ1) is 12.3. The van der Waals surface area contributed by atoms with Crippen molar-refractivity contribution in [1.29, 1.82) is 0 Å². The third-order valence-electron chi connectivity index (χ3n) is 3.86. The van der Waals surface area contributed by atoms with Gasteiger partial charge in [-0.2, -0.15) is 0 Å². The number of aliphatic hydroxyl groups excluding tert-OH is 4. The Hall–Kier alpha value is -2.21. The van der Waals surface area contributed by atoms with E-state index in [1.807, 2.05) is 0 Å². The summed E-state index contributed by atoms with van der Waals surface area (Å²) in [5.74, 6) is -0.437. The summed E-state index contributed by atoms with van der Waals surface area (Å²) in [5, 5.41) is 48.0. The molecule has 1 saturated heterocycles. The Kier molecular flexibility index (Phi) is 8.63. The van der Waals surface area contributed by atoms with Crippen molar-refractivity contribution in [3.8, 4) is 11.5 Å².